The Hall–Kier alpha value is -4.82. The lowest BCUT2D eigenvalue weighted by molar-refractivity contribution is -0.113. The van der Waals surface area contributed by atoms with Crippen LogP contribution in [0.15, 0.2) is 113 Å². The number of amides is 1. The minimum absolute atomic E-state index is 0.168. The van der Waals surface area contributed by atoms with Crippen LogP contribution in [0, 0.1) is 0 Å². The normalized spacial score (nSPS) is 15.1. The number of rotatable bonds is 8. The summed E-state index contributed by atoms with van der Waals surface area (Å²) in [4.78, 5) is 31.6. The summed E-state index contributed by atoms with van der Waals surface area (Å²) in [5.41, 5.74) is 3.18. The van der Waals surface area contributed by atoms with Gasteiger partial charge >= 0.3 is 5.97 Å². The van der Waals surface area contributed by atoms with Crippen LogP contribution in [0.4, 0.5) is 11.4 Å². The van der Waals surface area contributed by atoms with Gasteiger partial charge in [0.25, 0.3) is 5.91 Å². The van der Waals surface area contributed by atoms with E-state index in [0.29, 0.717) is 21.6 Å². The number of carbonyl (C=O) groups is 2. The Labute approximate surface area is 230 Å². The highest BCUT2D eigenvalue weighted by Gasteiger charge is 2.34. The third-order valence-electron chi connectivity index (χ3n) is 5.86. The molecule has 1 amide bonds. The Morgan fingerprint density at radius 2 is 1.67 bits per heavy atom. The number of carboxylic acid groups (broad SMARTS) is 1. The SMILES string of the molecule is COc1cc(/C=C2\SC(=Nc3ccccc3)N(c3ccccc3)C2=O)ccc1OCc1cccc(C(=O)O)c1. The van der Waals surface area contributed by atoms with Crippen molar-refractivity contribution < 1.29 is 24.2 Å². The average Bonchev–Trinajstić information content (AvgIpc) is 3.27. The lowest BCUT2D eigenvalue weighted by atomic mass is 10.1. The van der Waals surface area contributed by atoms with E-state index in [2.05, 4.69) is 0 Å². The molecular weight excluding hydrogens is 512 g/mol. The molecule has 0 radical (unpaired) electrons. The molecule has 1 aliphatic rings. The number of para-hydroxylation sites is 2. The predicted molar refractivity (Wildman–Crippen MR) is 154 cm³/mol. The van der Waals surface area contributed by atoms with Crippen LogP contribution >= 0.6 is 11.8 Å². The topological polar surface area (TPSA) is 88.4 Å². The standard InChI is InChI=1S/C31H24N2O5S/c1-37-27-18-21(15-16-26(27)38-20-22-9-8-10-23(17-22)30(35)36)19-28-29(34)33(25-13-6-3-7-14-25)31(39-28)32-24-11-4-2-5-12-24/h2-19H,20H2,1H3,(H,35,36)/b28-19-,32-31?. The summed E-state index contributed by atoms with van der Waals surface area (Å²) in [5.74, 6) is -0.164. The van der Waals surface area contributed by atoms with E-state index in [1.807, 2.05) is 66.7 Å². The number of hydrogen-bond acceptors (Lipinski definition) is 6. The van der Waals surface area contributed by atoms with Crippen molar-refractivity contribution in [2.45, 2.75) is 6.61 Å². The Kier molecular flexibility index (Phi) is 7.75. The molecule has 0 bridgehead atoms. The Morgan fingerprint density at radius 1 is 0.923 bits per heavy atom. The summed E-state index contributed by atoms with van der Waals surface area (Å²) in [6.07, 6.45) is 1.80. The lowest BCUT2D eigenvalue weighted by Crippen LogP contribution is -2.28. The first-order valence-corrected chi connectivity index (χ1v) is 12.9. The minimum Gasteiger partial charge on any atom is -0.493 e. The lowest BCUT2D eigenvalue weighted by Gasteiger charge is -2.15. The van der Waals surface area contributed by atoms with Crippen LogP contribution in [0.3, 0.4) is 0 Å². The first kappa shape index (κ1) is 25.8. The van der Waals surface area contributed by atoms with Crippen molar-refractivity contribution in [3.05, 3.63) is 125 Å². The summed E-state index contributed by atoms with van der Waals surface area (Å²) < 4.78 is 11.5. The monoisotopic (exact) mass is 536 g/mol. The van der Waals surface area contributed by atoms with E-state index in [-0.39, 0.29) is 18.1 Å². The summed E-state index contributed by atoms with van der Waals surface area (Å²) in [6, 6.07) is 30.9. The van der Waals surface area contributed by atoms with E-state index in [1.54, 1.807) is 48.4 Å². The molecule has 0 saturated carbocycles. The van der Waals surface area contributed by atoms with E-state index in [0.717, 1.165) is 22.5 Å². The van der Waals surface area contributed by atoms with Crippen molar-refractivity contribution >= 4 is 46.3 Å². The first-order valence-electron chi connectivity index (χ1n) is 12.1. The smallest absolute Gasteiger partial charge is 0.335 e. The molecule has 0 aromatic heterocycles. The summed E-state index contributed by atoms with van der Waals surface area (Å²) in [7, 11) is 1.54. The molecule has 0 aliphatic carbocycles. The number of aromatic carboxylic acids is 1. The number of thioether (sulfide) groups is 1. The van der Waals surface area contributed by atoms with Gasteiger partial charge in [-0.2, -0.15) is 0 Å². The van der Waals surface area contributed by atoms with E-state index < -0.39 is 5.97 Å². The van der Waals surface area contributed by atoms with Crippen molar-refractivity contribution in [1.29, 1.82) is 0 Å². The van der Waals surface area contributed by atoms with E-state index >= 15 is 0 Å². The molecule has 0 unspecified atom stereocenters. The number of ether oxygens (including phenoxy) is 2. The second kappa shape index (κ2) is 11.7. The zero-order valence-electron chi connectivity index (χ0n) is 21.0. The van der Waals surface area contributed by atoms with Crippen molar-refractivity contribution in [2.24, 2.45) is 4.99 Å². The number of carbonyl (C=O) groups excluding carboxylic acids is 1. The zero-order chi connectivity index (χ0) is 27.2. The molecule has 8 heteroatoms. The summed E-state index contributed by atoms with van der Waals surface area (Å²) in [5, 5.41) is 9.78. The quantitative estimate of drug-likeness (QED) is 0.250. The van der Waals surface area contributed by atoms with Crippen LogP contribution in [0.1, 0.15) is 21.5 Å². The molecule has 1 heterocycles. The number of anilines is 1. The van der Waals surface area contributed by atoms with Crippen LogP contribution in [-0.4, -0.2) is 29.3 Å². The number of amidine groups is 1. The molecule has 1 N–H and O–H groups in total. The largest absolute Gasteiger partial charge is 0.493 e. The fourth-order valence-electron chi connectivity index (χ4n) is 3.97. The number of nitrogens with zero attached hydrogens (tertiary/aromatic N) is 2. The maximum atomic E-state index is 13.5. The van der Waals surface area contributed by atoms with Gasteiger partial charge in [-0.15, -0.1) is 0 Å². The van der Waals surface area contributed by atoms with Gasteiger partial charge in [-0.3, -0.25) is 9.69 Å². The molecule has 1 saturated heterocycles. The van der Waals surface area contributed by atoms with Crippen LogP contribution in [-0.2, 0) is 11.4 Å². The van der Waals surface area contributed by atoms with Crippen LogP contribution in [0.2, 0.25) is 0 Å². The number of benzene rings is 4. The van der Waals surface area contributed by atoms with E-state index in [1.165, 1.54) is 17.8 Å². The zero-order valence-corrected chi connectivity index (χ0v) is 21.8. The third-order valence-corrected chi connectivity index (χ3v) is 6.82. The molecule has 0 spiro atoms. The van der Waals surface area contributed by atoms with Gasteiger partial charge in [0, 0.05) is 0 Å². The Morgan fingerprint density at radius 3 is 2.38 bits per heavy atom. The second-order valence-electron chi connectivity index (χ2n) is 8.52. The molecule has 1 aliphatic heterocycles. The third kappa shape index (κ3) is 6.02. The first-order chi connectivity index (χ1) is 19.0. The van der Waals surface area contributed by atoms with Crippen molar-refractivity contribution in [3.63, 3.8) is 0 Å². The number of methoxy groups -OCH3 is 1. The summed E-state index contributed by atoms with van der Waals surface area (Å²) >= 11 is 1.31. The fraction of sp³-hybridized carbons (Fsp3) is 0.0645. The van der Waals surface area contributed by atoms with E-state index in [4.69, 9.17) is 14.5 Å². The molecule has 7 nitrogen and oxygen atoms in total. The van der Waals surface area contributed by atoms with Crippen LogP contribution in [0.5, 0.6) is 11.5 Å². The Balaban J connectivity index is 1.40. The Bertz CT molecular complexity index is 1570. The molecular formula is C31H24N2O5S. The van der Waals surface area contributed by atoms with Crippen LogP contribution in [0.25, 0.3) is 6.08 Å². The highest BCUT2D eigenvalue weighted by molar-refractivity contribution is 8.19. The van der Waals surface area contributed by atoms with Gasteiger partial charge in [0.1, 0.15) is 6.61 Å². The van der Waals surface area contributed by atoms with E-state index in [9.17, 15) is 14.7 Å². The second-order valence-corrected chi connectivity index (χ2v) is 9.53. The molecule has 4 aromatic rings. The molecule has 0 atom stereocenters. The average molecular weight is 537 g/mol. The molecule has 4 aromatic carbocycles. The van der Waals surface area contributed by atoms with Gasteiger partial charge in [0.05, 0.1) is 29.0 Å². The highest BCUT2D eigenvalue weighted by atomic mass is 32.2. The number of carboxylic acids is 1. The number of aliphatic imine (C=N–C) groups is 1. The molecule has 5 rings (SSSR count). The van der Waals surface area contributed by atoms with Crippen molar-refractivity contribution in [2.75, 3.05) is 12.0 Å². The van der Waals surface area contributed by atoms with Crippen LogP contribution < -0.4 is 14.4 Å². The van der Waals surface area contributed by atoms with Gasteiger partial charge in [-0.25, -0.2) is 9.79 Å². The van der Waals surface area contributed by atoms with Gasteiger partial charge in [0.2, 0.25) is 0 Å². The van der Waals surface area contributed by atoms with Gasteiger partial charge in [-0.1, -0.05) is 54.6 Å². The summed E-state index contributed by atoms with van der Waals surface area (Å²) in [6.45, 7) is 0.178. The van der Waals surface area contributed by atoms with Crippen molar-refractivity contribution in [3.8, 4) is 11.5 Å². The maximum absolute atomic E-state index is 13.5. The predicted octanol–water partition coefficient (Wildman–Crippen LogP) is 6.78. The maximum Gasteiger partial charge on any atom is 0.335 e. The van der Waals surface area contributed by atoms with Gasteiger partial charge in [-0.05, 0) is 77.5 Å². The molecule has 39 heavy (non-hydrogen) atoms. The van der Waals surface area contributed by atoms with Gasteiger partial charge in [0.15, 0.2) is 16.7 Å². The molecule has 194 valence electrons. The number of hydrogen-bond donors (Lipinski definition) is 1. The highest BCUT2D eigenvalue weighted by Crippen LogP contribution is 2.38. The fourth-order valence-corrected chi connectivity index (χ4v) is 4.97. The minimum atomic E-state index is -0.992. The van der Waals surface area contributed by atoms with Gasteiger partial charge < -0.3 is 14.6 Å². The van der Waals surface area contributed by atoms with Crippen molar-refractivity contribution in [1.82, 2.24) is 0 Å². The molecule has 1 fully saturated rings.